The van der Waals surface area contributed by atoms with Gasteiger partial charge in [-0.25, -0.2) is 4.98 Å². The van der Waals surface area contributed by atoms with Gasteiger partial charge in [0, 0.05) is 51.4 Å². The lowest BCUT2D eigenvalue weighted by molar-refractivity contribution is 1.18. The van der Waals surface area contributed by atoms with Crippen LogP contribution in [0.2, 0.25) is 0 Å². The predicted molar refractivity (Wildman–Crippen MR) is 233 cm³/mol. The molecule has 0 atom stereocenters. The van der Waals surface area contributed by atoms with E-state index >= 15 is 0 Å². The molecule has 10 rings (SSSR count). The SMILES string of the molecule is c1ccc(-c2ccc(N(c3ccc(-c4ccccn4)cc3)c3cccc(-c4cccc(-c5ccc(-n6c7ccccc7c7ccccc76)cc5)c4)c3)nc2)cc1. The van der Waals surface area contributed by atoms with Crippen LogP contribution in [0.1, 0.15) is 0 Å². The minimum atomic E-state index is 0.838. The van der Waals surface area contributed by atoms with E-state index in [0.29, 0.717) is 0 Å². The molecular formula is C52H36N4. The molecule has 0 N–H and O–H groups in total. The highest BCUT2D eigenvalue weighted by Crippen LogP contribution is 2.38. The molecule has 0 aliphatic heterocycles. The van der Waals surface area contributed by atoms with E-state index in [4.69, 9.17) is 4.98 Å². The van der Waals surface area contributed by atoms with E-state index in [1.54, 1.807) is 0 Å². The summed E-state index contributed by atoms with van der Waals surface area (Å²) in [6, 6.07) is 72.9. The number of benzene rings is 7. The molecule has 0 fully saturated rings. The third kappa shape index (κ3) is 6.19. The van der Waals surface area contributed by atoms with Crippen LogP contribution >= 0.6 is 0 Å². The summed E-state index contributed by atoms with van der Waals surface area (Å²) in [6.45, 7) is 0. The van der Waals surface area contributed by atoms with Crippen LogP contribution in [0.25, 0.3) is 72.1 Å². The van der Waals surface area contributed by atoms with Crippen LogP contribution in [0.15, 0.2) is 219 Å². The Morgan fingerprint density at radius 1 is 0.357 bits per heavy atom. The van der Waals surface area contributed by atoms with Gasteiger partial charge in [0.25, 0.3) is 0 Å². The van der Waals surface area contributed by atoms with Crippen molar-refractivity contribution in [3.8, 4) is 50.3 Å². The normalized spacial score (nSPS) is 11.2. The maximum Gasteiger partial charge on any atom is 0.137 e. The molecule has 0 amide bonds. The molecule has 0 bridgehead atoms. The van der Waals surface area contributed by atoms with Gasteiger partial charge in [0.1, 0.15) is 5.82 Å². The molecule has 10 aromatic rings. The van der Waals surface area contributed by atoms with Crippen LogP contribution in [-0.4, -0.2) is 14.5 Å². The molecule has 0 aliphatic rings. The molecule has 7 aromatic carbocycles. The first kappa shape index (κ1) is 33.0. The van der Waals surface area contributed by atoms with Crippen molar-refractivity contribution in [3.63, 3.8) is 0 Å². The second-order valence-corrected chi connectivity index (χ2v) is 13.9. The number of fused-ring (bicyclic) bond motifs is 3. The summed E-state index contributed by atoms with van der Waals surface area (Å²) >= 11 is 0. The highest BCUT2D eigenvalue weighted by Gasteiger charge is 2.16. The molecule has 3 heterocycles. The zero-order valence-electron chi connectivity index (χ0n) is 30.6. The van der Waals surface area contributed by atoms with E-state index in [1.807, 2.05) is 36.7 Å². The third-order valence-corrected chi connectivity index (χ3v) is 10.5. The van der Waals surface area contributed by atoms with E-state index in [-0.39, 0.29) is 0 Å². The van der Waals surface area contributed by atoms with Crippen molar-refractivity contribution in [3.05, 3.63) is 219 Å². The van der Waals surface area contributed by atoms with Gasteiger partial charge in [0.2, 0.25) is 0 Å². The quantitative estimate of drug-likeness (QED) is 0.157. The van der Waals surface area contributed by atoms with Gasteiger partial charge in [-0.1, -0.05) is 127 Å². The molecule has 0 radical (unpaired) electrons. The van der Waals surface area contributed by atoms with Crippen molar-refractivity contribution < 1.29 is 0 Å². The Kier molecular flexibility index (Phi) is 8.47. The van der Waals surface area contributed by atoms with Crippen LogP contribution in [0.3, 0.4) is 0 Å². The van der Waals surface area contributed by atoms with Gasteiger partial charge in [-0.05, 0) is 107 Å². The Hall–Kier alpha value is -7.56. The fourth-order valence-corrected chi connectivity index (χ4v) is 7.75. The lowest BCUT2D eigenvalue weighted by Crippen LogP contribution is -2.11. The number of aromatic nitrogens is 3. The molecule has 3 aromatic heterocycles. The number of nitrogens with zero attached hydrogens (tertiary/aromatic N) is 4. The molecular weight excluding hydrogens is 681 g/mol. The van der Waals surface area contributed by atoms with Gasteiger partial charge >= 0.3 is 0 Å². The second-order valence-electron chi connectivity index (χ2n) is 13.9. The molecule has 4 nitrogen and oxygen atoms in total. The van der Waals surface area contributed by atoms with Crippen molar-refractivity contribution in [2.75, 3.05) is 4.90 Å². The average molecular weight is 717 g/mol. The van der Waals surface area contributed by atoms with E-state index in [0.717, 1.165) is 56.4 Å². The zero-order chi connectivity index (χ0) is 37.3. The van der Waals surface area contributed by atoms with E-state index in [2.05, 4.69) is 196 Å². The number of hydrogen-bond acceptors (Lipinski definition) is 3. The standard InChI is InChI=1S/C52H36N4/c1-2-12-37(13-3-1)43-27-32-52(54-36-43)55(44-30-25-39(26-31-44)49-20-8-9-33-53-49)46-17-11-16-42(35-46)41-15-10-14-40(34-41)38-23-28-45(29-24-38)56-50-21-6-4-18-47(50)48-19-5-7-22-51(48)56/h1-36H. The summed E-state index contributed by atoms with van der Waals surface area (Å²) in [5, 5.41) is 2.53. The van der Waals surface area contributed by atoms with Gasteiger partial charge in [0.15, 0.2) is 0 Å². The topological polar surface area (TPSA) is 34.0 Å². The molecule has 0 saturated carbocycles. The zero-order valence-corrected chi connectivity index (χ0v) is 30.6. The Balaban J connectivity index is 0.996. The van der Waals surface area contributed by atoms with Crippen molar-refractivity contribution >= 4 is 39.0 Å². The third-order valence-electron chi connectivity index (χ3n) is 10.5. The fourth-order valence-electron chi connectivity index (χ4n) is 7.75. The van der Waals surface area contributed by atoms with Gasteiger partial charge < -0.3 is 4.57 Å². The number of pyridine rings is 2. The minimum Gasteiger partial charge on any atom is -0.309 e. The summed E-state index contributed by atoms with van der Waals surface area (Å²) in [7, 11) is 0. The Morgan fingerprint density at radius 2 is 0.929 bits per heavy atom. The smallest absolute Gasteiger partial charge is 0.137 e. The monoisotopic (exact) mass is 716 g/mol. The van der Waals surface area contributed by atoms with Crippen LogP contribution in [0.4, 0.5) is 17.2 Å². The lowest BCUT2D eigenvalue weighted by atomic mass is 9.98. The van der Waals surface area contributed by atoms with E-state index in [1.165, 1.54) is 32.9 Å². The Morgan fingerprint density at radius 3 is 1.61 bits per heavy atom. The maximum atomic E-state index is 5.02. The summed E-state index contributed by atoms with van der Waals surface area (Å²) in [4.78, 5) is 11.8. The van der Waals surface area contributed by atoms with Crippen molar-refractivity contribution in [2.24, 2.45) is 0 Å². The first-order chi connectivity index (χ1) is 27.8. The van der Waals surface area contributed by atoms with Gasteiger partial charge in [-0.15, -0.1) is 0 Å². The van der Waals surface area contributed by atoms with Crippen molar-refractivity contribution in [1.82, 2.24) is 14.5 Å². The number of hydrogen-bond donors (Lipinski definition) is 0. The highest BCUT2D eigenvalue weighted by atomic mass is 15.2. The molecule has 0 aliphatic carbocycles. The van der Waals surface area contributed by atoms with Gasteiger partial charge in [0.05, 0.1) is 16.7 Å². The van der Waals surface area contributed by atoms with E-state index in [9.17, 15) is 0 Å². The molecule has 0 unspecified atom stereocenters. The average Bonchev–Trinajstić information content (AvgIpc) is 3.62. The summed E-state index contributed by atoms with van der Waals surface area (Å²) in [6.07, 6.45) is 3.79. The minimum absolute atomic E-state index is 0.838. The number of para-hydroxylation sites is 2. The maximum absolute atomic E-state index is 5.02. The Labute approximate surface area is 326 Å². The van der Waals surface area contributed by atoms with Crippen LogP contribution in [0.5, 0.6) is 0 Å². The first-order valence-electron chi connectivity index (χ1n) is 18.9. The Bertz CT molecular complexity index is 2800. The predicted octanol–water partition coefficient (Wildman–Crippen LogP) is 13.7. The number of rotatable bonds is 8. The van der Waals surface area contributed by atoms with Crippen LogP contribution < -0.4 is 4.90 Å². The van der Waals surface area contributed by atoms with Gasteiger partial charge in [-0.2, -0.15) is 0 Å². The molecule has 0 saturated heterocycles. The largest absolute Gasteiger partial charge is 0.309 e. The van der Waals surface area contributed by atoms with Crippen molar-refractivity contribution in [1.29, 1.82) is 0 Å². The van der Waals surface area contributed by atoms with Gasteiger partial charge in [-0.3, -0.25) is 9.88 Å². The summed E-state index contributed by atoms with van der Waals surface area (Å²) in [5.74, 6) is 0.838. The summed E-state index contributed by atoms with van der Waals surface area (Å²) < 4.78 is 2.36. The van der Waals surface area contributed by atoms with Crippen molar-refractivity contribution in [2.45, 2.75) is 0 Å². The van der Waals surface area contributed by atoms with Crippen LogP contribution in [-0.2, 0) is 0 Å². The second kappa shape index (κ2) is 14.3. The van der Waals surface area contributed by atoms with Crippen LogP contribution in [0, 0.1) is 0 Å². The summed E-state index contributed by atoms with van der Waals surface area (Å²) in [5.41, 5.74) is 14.4. The first-order valence-corrected chi connectivity index (χ1v) is 18.9. The number of anilines is 3. The molecule has 56 heavy (non-hydrogen) atoms. The molecule has 4 heteroatoms. The molecule has 264 valence electrons. The highest BCUT2D eigenvalue weighted by molar-refractivity contribution is 6.09. The fraction of sp³-hybridized carbons (Fsp3) is 0. The molecule has 0 spiro atoms. The van der Waals surface area contributed by atoms with E-state index < -0.39 is 0 Å². The lowest BCUT2D eigenvalue weighted by Gasteiger charge is -2.25.